The van der Waals surface area contributed by atoms with Crippen molar-refractivity contribution in [3.8, 4) is 0 Å². The SMILES string of the molecule is Cc1ccc(S(=O)(=O)CCC(=O)N2CCCC2C(=O)O)cc1. The Labute approximate surface area is 129 Å². The third kappa shape index (κ3) is 3.65. The first kappa shape index (κ1) is 16.5. The van der Waals surface area contributed by atoms with Crippen LogP contribution in [-0.4, -0.2) is 48.6 Å². The van der Waals surface area contributed by atoms with Gasteiger partial charge in [0.2, 0.25) is 5.91 Å². The van der Waals surface area contributed by atoms with E-state index in [-0.39, 0.29) is 17.1 Å². The van der Waals surface area contributed by atoms with Crippen LogP contribution >= 0.6 is 0 Å². The second-order valence-electron chi connectivity index (χ2n) is 5.47. The summed E-state index contributed by atoms with van der Waals surface area (Å²) in [6.07, 6.45) is 0.860. The van der Waals surface area contributed by atoms with E-state index in [1.165, 1.54) is 17.0 Å². The molecule has 0 spiro atoms. The van der Waals surface area contributed by atoms with Crippen LogP contribution in [0.25, 0.3) is 0 Å². The zero-order valence-corrected chi connectivity index (χ0v) is 13.2. The van der Waals surface area contributed by atoms with Crippen molar-refractivity contribution in [1.82, 2.24) is 4.90 Å². The van der Waals surface area contributed by atoms with E-state index in [0.717, 1.165) is 5.56 Å². The molecule has 1 aliphatic heterocycles. The van der Waals surface area contributed by atoms with Crippen LogP contribution in [0.15, 0.2) is 29.2 Å². The number of carbonyl (C=O) groups excluding carboxylic acids is 1. The molecule has 0 saturated carbocycles. The topological polar surface area (TPSA) is 91.8 Å². The van der Waals surface area contributed by atoms with E-state index < -0.39 is 27.8 Å². The summed E-state index contributed by atoms with van der Waals surface area (Å²) in [4.78, 5) is 24.6. The molecule has 2 rings (SSSR count). The minimum Gasteiger partial charge on any atom is -0.480 e. The molecule has 1 fully saturated rings. The molecule has 0 radical (unpaired) electrons. The van der Waals surface area contributed by atoms with Crippen molar-refractivity contribution >= 4 is 21.7 Å². The summed E-state index contributed by atoms with van der Waals surface area (Å²) in [6.45, 7) is 2.24. The van der Waals surface area contributed by atoms with Crippen molar-refractivity contribution in [2.75, 3.05) is 12.3 Å². The summed E-state index contributed by atoms with van der Waals surface area (Å²) < 4.78 is 24.4. The van der Waals surface area contributed by atoms with E-state index in [9.17, 15) is 18.0 Å². The number of carboxylic acid groups (broad SMARTS) is 1. The maximum absolute atomic E-state index is 12.2. The molecule has 1 heterocycles. The van der Waals surface area contributed by atoms with Crippen LogP contribution < -0.4 is 0 Å². The summed E-state index contributed by atoms with van der Waals surface area (Å²) in [5, 5.41) is 9.05. The number of carboxylic acids is 1. The number of likely N-dealkylation sites (tertiary alicyclic amines) is 1. The molecule has 1 saturated heterocycles. The Morgan fingerprint density at radius 1 is 1.27 bits per heavy atom. The lowest BCUT2D eigenvalue weighted by atomic mass is 10.2. The Hall–Kier alpha value is -1.89. The van der Waals surface area contributed by atoms with Crippen molar-refractivity contribution in [1.29, 1.82) is 0 Å². The van der Waals surface area contributed by atoms with Crippen LogP contribution in [0.1, 0.15) is 24.8 Å². The van der Waals surface area contributed by atoms with E-state index in [1.54, 1.807) is 12.1 Å². The molecule has 1 aromatic rings. The van der Waals surface area contributed by atoms with Gasteiger partial charge >= 0.3 is 5.97 Å². The number of benzene rings is 1. The van der Waals surface area contributed by atoms with Crippen molar-refractivity contribution in [2.24, 2.45) is 0 Å². The van der Waals surface area contributed by atoms with Gasteiger partial charge in [-0.1, -0.05) is 17.7 Å². The van der Waals surface area contributed by atoms with Gasteiger partial charge in [-0.05, 0) is 31.9 Å². The highest BCUT2D eigenvalue weighted by molar-refractivity contribution is 7.91. The van der Waals surface area contributed by atoms with E-state index in [0.29, 0.717) is 19.4 Å². The molecule has 0 aromatic heterocycles. The Bertz CT molecular complexity index is 666. The van der Waals surface area contributed by atoms with Gasteiger partial charge in [-0.25, -0.2) is 13.2 Å². The molecule has 22 heavy (non-hydrogen) atoms. The highest BCUT2D eigenvalue weighted by Crippen LogP contribution is 2.19. The zero-order chi connectivity index (χ0) is 16.3. The van der Waals surface area contributed by atoms with Gasteiger partial charge in [-0.15, -0.1) is 0 Å². The lowest BCUT2D eigenvalue weighted by Crippen LogP contribution is -2.40. The minimum atomic E-state index is -3.53. The zero-order valence-electron chi connectivity index (χ0n) is 12.4. The van der Waals surface area contributed by atoms with Crippen molar-refractivity contribution in [3.05, 3.63) is 29.8 Å². The van der Waals surface area contributed by atoms with Crippen molar-refractivity contribution in [3.63, 3.8) is 0 Å². The van der Waals surface area contributed by atoms with Crippen molar-refractivity contribution in [2.45, 2.75) is 37.1 Å². The largest absolute Gasteiger partial charge is 0.480 e. The molecule has 1 amide bonds. The maximum Gasteiger partial charge on any atom is 0.326 e. The van der Waals surface area contributed by atoms with Crippen LogP contribution in [-0.2, 0) is 19.4 Å². The third-order valence-electron chi connectivity index (χ3n) is 3.82. The molecule has 7 heteroatoms. The quantitative estimate of drug-likeness (QED) is 0.879. The fourth-order valence-corrected chi connectivity index (χ4v) is 3.78. The van der Waals surface area contributed by atoms with Gasteiger partial charge in [0.1, 0.15) is 6.04 Å². The van der Waals surface area contributed by atoms with Gasteiger partial charge in [-0.2, -0.15) is 0 Å². The van der Waals surface area contributed by atoms with Crippen LogP contribution in [0.4, 0.5) is 0 Å². The van der Waals surface area contributed by atoms with E-state index in [2.05, 4.69) is 0 Å². The maximum atomic E-state index is 12.2. The fraction of sp³-hybridized carbons (Fsp3) is 0.467. The summed E-state index contributed by atoms with van der Waals surface area (Å²) in [5.41, 5.74) is 0.955. The summed E-state index contributed by atoms with van der Waals surface area (Å²) in [7, 11) is -3.53. The number of hydrogen-bond donors (Lipinski definition) is 1. The normalized spacial score (nSPS) is 18.4. The number of amides is 1. The standard InChI is InChI=1S/C15H19NO5S/c1-11-4-6-12(7-5-11)22(20,21)10-8-14(17)16-9-2-3-13(16)15(18)19/h4-7,13H,2-3,8-10H2,1H3,(H,18,19). The summed E-state index contributed by atoms with van der Waals surface area (Å²) in [5.74, 6) is -1.76. The van der Waals surface area contributed by atoms with Gasteiger partial charge in [-0.3, -0.25) is 4.79 Å². The van der Waals surface area contributed by atoms with Crippen molar-refractivity contribution < 1.29 is 23.1 Å². The van der Waals surface area contributed by atoms with Gasteiger partial charge in [0.05, 0.1) is 10.6 Å². The summed E-state index contributed by atoms with van der Waals surface area (Å²) in [6, 6.07) is 5.62. The molecule has 1 aromatic carbocycles. The van der Waals surface area contributed by atoms with Crippen LogP contribution in [0.2, 0.25) is 0 Å². The van der Waals surface area contributed by atoms with Gasteiger partial charge in [0.25, 0.3) is 0 Å². The number of aliphatic carboxylic acids is 1. The predicted molar refractivity (Wildman–Crippen MR) is 80.2 cm³/mol. The number of aryl methyl sites for hydroxylation is 1. The fourth-order valence-electron chi connectivity index (χ4n) is 2.55. The predicted octanol–water partition coefficient (Wildman–Crippen LogP) is 1.23. The Kier molecular flexibility index (Phi) is 4.85. The Balaban J connectivity index is 2.01. The first-order chi connectivity index (χ1) is 10.3. The smallest absolute Gasteiger partial charge is 0.326 e. The number of nitrogens with zero attached hydrogens (tertiary/aromatic N) is 1. The molecular weight excluding hydrogens is 306 g/mol. The molecule has 6 nitrogen and oxygen atoms in total. The highest BCUT2D eigenvalue weighted by Gasteiger charge is 2.34. The Morgan fingerprint density at radius 2 is 1.91 bits per heavy atom. The molecule has 1 atom stereocenters. The molecule has 0 bridgehead atoms. The molecule has 1 N–H and O–H groups in total. The molecular formula is C15H19NO5S. The van der Waals surface area contributed by atoms with Crippen LogP contribution in [0.3, 0.4) is 0 Å². The second kappa shape index (κ2) is 6.48. The molecule has 1 unspecified atom stereocenters. The monoisotopic (exact) mass is 325 g/mol. The average molecular weight is 325 g/mol. The van der Waals surface area contributed by atoms with E-state index in [4.69, 9.17) is 5.11 Å². The first-order valence-corrected chi connectivity index (χ1v) is 8.78. The van der Waals surface area contributed by atoms with Gasteiger partial charge in [0.15, 0.2) is 9.84 Å². The second-order valence-corrected chi connectivity index (χ2v) is 7.57. The van der Waals surface area contributed by atoms with E-state index >= 15 is 0 Å². The van der Waals surface area contributed by atoms with Crippen LogP contribution in [0.5, 0.6) is 0 Å². The average Bonchev–Trinajstić information content (AvgIpc) is 2.95. The highest BCUT2D eigenvalue weighted by atomic mass is 32.2. The molecule has 120 valence electrons. The third-order valence-corrected chi connectivity index (χ3v) is 5.55. The number of sulfone groups is 1. The molecule has 0 aliphatic carbocycles. The number of rotatable bonds is 5. The number of hydrogen-bond acceptors (Lipinski definition) is 4. The van der Waals surface area contributed by atoms with Crippen LogP contribution in [0, 0.1) is 6.92 Å². The lowest BCUT2D eigenvalue weighted by molar-refractivity contribution is -0.148. The van der Waals surface area contributed by atoms with E-state index in [1.807, 2.05) is 6.92 Å². The minimum absolute atomic E-state index is 0.183. The molecule has 1 aliphatic rings. The summed E-state index contributed by atoms with van der Waals surface area (Å²) >= 11 is 0. The van der Waals surface area contributed by atoms with Gasteiger partial charge in [0, 0.05) is 13.0 Å². The Morgan fingerprint density at radius 3 is 2.50 bits per heavy atom. The first-order valence-electron chi connectivity index (χ1n) is 7.13. The number of carbonyl (C=O) groups is 2. The van der Waals surface area contributed by atoms with Gasteiger partial charge < -0.3 is 10.0 Å². The lowest BCUT2D eigenvalue weighted by Gasteiger charge is -2.21.